The topological polar surface area (TPSA) is 106 Å². The third kappa shape index (κ3) is 3.80. The first-order valence-corrected chi connectivity index (χ1v) is 7.90. The molecule has 1 aliphatic heterocycles. The van der Waals surface area contributed by atoms with Crippen LogP contribution in [0.3, 0.4) is 0 Å². The SMILES string of the molecule is O=C(NCC1CC(=O)N(c2ccc(Cl)cc2)C1)c1ccc([N+](=O)[O-])o1. The first kappa shape index (κ1) is 17.0. The van der Waals surface area contributed by atoms with Crippen LogP contribution >= 0.6 is 11.6 Å². The molecule has 8 nitrogen and oxygen atoms in total. The zero-order valence-electron chi connectivity index (χ0n) is 13.0. The molecule has 25 heavy (non-hydrogen) atoms. The molecule has 0 radical (unpaired) electrons. The van der Waals surface area contributed by atoms with Gasteiger partial charge < -0.3 is 14.6 Å². The highest BCUT2D eigenvalue weighted by Gasteiger charge is 2.31. The Labute approximate surface area is 147 Å². The maximum absolute atomic E-state index is 12.1. The molecule has 2 heterocycles. The molecule has 1 atom stereocenters. The Morgan fingerprint density at radius 3 is 2.68 bits per heavy atom. The molecule has 1 aliphatic rings. The van der Waals surface area contributed by atoms with Crippen molar-refractivity contribution in [1.29, 1.82) is 0 Å². The third-order valence-corrected chi connectivity index (χ3v) is 4.14. The quantitative estimate of drug-likeness (QED) is 0.649. The second-order valence-electron chi connectivity index (χ2n) is 5.66. The van der Waals surface area contributed by atoms with E-state index in [0.717, 1.165) is 11.8 Å². The molecule has 1 N–H and O–H groups in total. The van der Waals surface area contributed by atoms with E-state index in [4.69, 9.17) is 16.0 Å². The smallest absolute Gasteiger partial charge is 0.395 e. The zero-order chi connectivity index (χ0) is 18.0. The molecule has 0 spiro atoms. The lowest BCUT2D eigenvalue weighted by molar-refractivity contribution is -0.402. The van der Waals surface area contributed by atoms with Gasteiger partial charge in [-0.05, 0) is 30.3 Å². The van der Waals surface area contributed by atoms with E-state index in [0.29, 0.717) is 18.0 Å². The van der Waals surface area contributed by atoms with Crippen LogP contribution in [0, 0.1) is 16.0 Å². The van der Waals surface area contributed by atoms with Gasteiger partial charge in [-0.15, -0.1) is 0 Å². The third-order valence-electron chi connectivity index (χ3n) is 3.89. The van der Waals surface area contributed by atoms with E-state index in [1.807, 2.05) is 0 Å². The number of rotatable bonds is 5. The van der Waals surface area contributed by atoms with Gasteiger partial charge in [-0.1, -0.05) is 11.6 Å². The monoisotopic (exact) mass is 363 g/mol. The second kappa shape index (κ2) is 6.94. The lowest BCUT2D eigenvalue weighted by Crippen LogP contribution is -2.31. The number of nitrogens with zero attached hydrogens (tertiary/aromatic N) is 2. The maximum Gasteiger partial charge on any atom is 0.433 e. The van der Waals surface area contributed by atoms with Crippen LogP contribution in [-0.4, -0.2) is 29.8 Å². The molecule has 3 rings (SSSR count). The van der Waals surface area contributed by atoms with Gasteiger partial charge in [0.25, 0.3) is 5.91 Å². The molecule has 2 aromatic rings. The van der Waals surface area contributed by atoms with Gasteiger partial charge >= 0.3 is 5.88 Å². The Hall–Kier alpha value is -2.87. The molecule has 130 valence electrons. The molecule has 1 fully saturated rings. The van der Waals surface area contributed by atoms with Gasteiger partial charge in [0.2, 0.25) is 5.91 Å². The summed E-state index contributed by atoms with van der Waals surface area (Å²) < 4.78 is 4.84. The van der Waals surface area contributed by atoms with Crippen LogP contribution in [0.2, 0.25) is 5.02 Å². The summed E-state index contributed by atoms with van der Waals surface area (Å²) in [5.74, 6) is -1.27. The molecular weight excluding hydrogens is 350 g/mol. The van der Waals surface area contributed by atoms with E-state index in [2.05, 4.69) is 5.32 Å². The van der Waals surface area contributed by atoms with Crippen LogP contribution in [0.4, 0.5) is 11.6 Å². The minimum Gasteiger partial charge on any atom is -0.395 e. The maximum atomic E-state index is 12.1. The van der Waals surface area contributed by atoms with E-state index in [1.165, 1.54) is 6.07 Å². The molecule has 2 amide bonds. The van der Waals surface area contributed by atoms with Crippen molar-refractivity contribution in [3.8, 4) is 0 Å². The number of nitro groups is 1. The van der Waals surface area contributed by atoms with Gasteiger partial charge in [0, 0.05) is 36.1 Å². The highest BCUT2D eigenvalue weighted by Crippen LogP contribution is 2.26. The predicted molar refractivity (Wildman–Crippen MR) is 89.6 cm³/mol. The van der Waals surface area contributed by atoms with Crippen molar-refractivity contribution < 1.29 is 18.9 Å². The van der Waals surface area contributed by atoms with E-state index in [9.17, 15) is 19.7 Å². The van der Waals surface area contributed by atoms with Gasteiger partial charge in [-0.2, -0.15) is 0 Å². The number of anilines is 1. The van der Waals surface area contributed by atoms with Crippen LogP contribution < -0.4 is 10.2 Å². The van der Waals surface area contributed by atoms with Crippen LogP contribution in [0.15, 0.2) is 40.8 Å². The predicted octanol–water partition coefficient (Wildman–Crippen LogP) is 2.62. The summed E-state index contributed by atoms with van der Waals surface area (Å²) in [7, 11) is 0. The summed E-state index contributed by atoms with van der Waals surface area (Å²) in [5, 5.41) is 13.8. The molecular formula is C16H14ClN3O5. The summed E-state index contributed by atoms with van der Waals surface area (Å²) in [4.78, 5) is 35.6. The van der Waals surface area contributed by atoms with Crippen molar-refractivity contribution in [2.24, 2.45) is 5.92 Å². The fraction of sp³-hybridized carbons (Fsp3) is 0.250. The summed E-state index contributed by atoms with van der Waals surface area (Å²) in [6, 6.07) is 9.32. The lowest BCUT2D eigenvalue weighted by atomic mass is 10.1. The van der Waals surface area contributed by atoms with Crippen LogP contribution in [0.5, 0.6) is 0 Å². The highest BCUT2D eigenvalue weighted by atomic mass is 35.5. The largest absolute Gasteiger partial charge is 0.433 e. The van der Waals surface area contributed by atoms with Crippen LogP contribution in [0.1, 0.15) is 17.0 Å². The number of carbonyl (C=O) groups excluding carboxylic acids is 2. The molecule has 0 aliphatic carbocycles. The van der Waals surface area contributed by atoms with Crippen molar-refractivity contribution in [1.82, 2.24) is 5.32 Å². The van der Waals surface area contributed by atoms with E-state index >= 15 is 0 Å². The Morgan fingerprint density at radius 1 is 1.32 bits per heavy atom. The number of halogens is 1. The Balaban J connectivity index is 1.57. The fourth-order valence-electron chi connectivity index (χ4n) is 2.66. The molecule has 1 saturated heterocycles. The molecule has 0 bridgehead atoms. The summed E-state index contributed by atoms with van der Waals surface area (Å²) in [6.07, 6.45) is 0.307. The number of carbonyl (C=O) groups is 2. The number of nitrogens with one attached hydrogen (secondary N) is 1. The minimum absolute atomic E-state index is 0.0322. The number of hydrogen-bond donors (Lipinski definition) is 1. The second-order valence-corrected chi connectivity index (χ2v) is 6.09. The Kier molecular flexibility index (Phi) is 4.71. The number of hydrogen-bond acceptors (Lipinski definition) is 5. The van der Waals surface area contributed by atoms with Gasteiger partial charge in [-0.25, -0.2) is 0 Å². The summed E-state index contributed by atoms with van der Waals surface area (Å²) in [6.45, 7) is 0.738. The van der Waals surface area contributed by atoms with E-state index in [-0.39, 0.29) is 24.1 Å². The highest BCUT2D eigenvalue weighted by molar-refractivity contribution is 6.30. The minimum atomic E-state index is -0.712. The van der Waals surface area contributed by atoms with Crippen molar-refractivity contribution in [2.45, 2.75) is 6.42 Å². The first-order chi connectivity index (χ1) is 11.9. The van der Waals surface area contributed by atoms with E-state index in [1.54, 1.807) is 29.2 Å². The fourth-order valence-corrected chi connectivity index (χ4v) is 2.79. The van der Waals surface area contributed by atoms with Gasteiger partial charge in [0.05, 0.1) is 6.07 Å². The molecule has 1 unspecified atom stereocenters. The Bertz CT molecular complexity index is 817. The number of benzene rings is 1. The normalized spacial score (nSPS) is 16.9. The van der Waals surface area contributed by atoms with Crippen LogP contribution in [-0.2, 0) is 4.79 Å². The first-order valence-electron chi connectivity index (χ1n) is 7.52. The summed E-state index contributed by atoms with van der Waals surface area (Å²) in [5.41, 5.74) is 0.755. The average Bonchev–Trinajstić information content (AvgIpc) is 3.20. The molecule has 1 aromatic carbocycles. The molecule has 1 aromatic heterocycles. The summed E-state index contributed by atoms with van der Waals surface area (Å²) >= 11 is 5.85. The van der Waals surface area contributed by atoms with Gasteiger partial charge in [-0.3, -0.25) is 19.7 Å². The standard InChI is InChI=1S/C16H14ClN3O5/c17-11-1-3-12(4-2-11)19-9-10(7-14(19)21)8-18-16(22)13-5-6-15(25-13)20(23)24/h1-6,10H,7-9H2,(H,18,22). The van der Waals surface area contributed by atoms with Crippen molar-refractivity contribution in [2.75, 3.05) is 18.0 Å². The van der Waals surface area contributed by atoms with Crippen LogP contribution in [0.25, 0.3) is 0 Å². The number of furan rings is 1. The van der Waals surface area contributed by atoms with Gasteiger partial charge in [0.1, 0.15) is 4.92 Å². The lowest BCUT2D eigenvalue weighted by Gasteiger charge is -2.17. The van der Waals surface area contributed by atoms with Crippen molar-refractivity contribution in [3.05, 3.63) is 57.3 Å². The van der Waals surface area contributed by atoms with E-state index < -0.39 is 16.7 Å². The number of amides is 2. The van der Waals surface area contributed by atoms with Crippen molar-refractivity contribution >= 4 is 35.0 Å². The van der Waals surface area contributed by atoms with Gasteiger partial charge in [0.15, 0.2) is 5.76 Å². The molecule has 9 heteroatoms. The average molecular weight is 364 g/mol. The zero-order valence-corrected chi connectivity index (χ0v) is 13.7. The van der Waals surface area contributed by atoms with Crippen molar-refractivity contribution in [3.63, 3.8) is 0 Å². The Morgan fingerprint density at radius 2 is 2.04 bits per heavy atom. The molecule has 0 saturated carbocycles.